The standard InChI is InChI=1S/C14H19N5O2S2/c1-16-14(18-9-7-11-4-2-3-8-17-11)19-10-12-5-6-13(22-12)23(15,20)21/h2-6,8H,7,9-10H2,1H3,(H2,15,20,21)(H2,16,18,19). The van der Waals surface area contributed by atoms with Crippen LogP contribution in [-0.4, -0.2) is 33.0 Å². The minimum absolute atomic E-state index is 0.160. The van der Waals surface area contributed by atoms with Crippen molar-refractivity contribution in [3.63, 3.8) is 0 Å². The molecular formula is C14H19N5O2S2. The van der Waals surface area contributed by atoms with Crippen LogP contribution in [0.5, 0.6) is 0 Å². The summed E-state index contributed by atoms with van der Waals surface area (Å²) in [7, 11) is -1.95. The largest absolute Gasteiger partial charge is 0.356 e. The van der Waals surface area contributed by atoms with Crippen LogP contribution in [0, 0.1) is 0 Å². The van der Waals surface area contributed by atoms with Gasteiger partial charge in [-0.3, -0.25) is 9.98 Å². The lowest BCUT2D eigenvalue weighted by Crippen LogP contribution is -2.37. The maximum Gasteiger partial charge on any atom is 0.247 e. The van der Waals surface area contributed by atoms with Crippen LogP contribution in [0.1, 0.15) is 10.6 Å². The summed E-state index contributed by atoms with van der Waals surface area (Å²) < 4.78 is 22.6. The zero-order valence-electron chi connectivity index (χ0n) is 12.7. The number of hydrogen-bond donors (Lipinski definition) is 3. The number of nitrogens with two attached hydrogens (primary N) is 1. The molecule has 0 spiro atoms. The molecule has 0 fully saturated rings. The first-order chi connectivity index (χ1) is 11.0. The minimum atomic E-state index is -3.63. The Bertz CT molecular complexity index is 756. The van der Waals surface area contributed by atoms with Crippen molar-refractivity contribution in [3.05, 3.63) is 47.1 Å². The Hall–Kier alpha value is -1.97. The second-order valence-electron chi connectivity index (χ2n) is 4.69. The van der Waals surface area contributed by atoms with Gasteiger partial charge in [-0.2, -0.15) is 0 Å². The second kappa shape index (κ2) is 8.04. The highest BCUT2D eigenvalue weighted by Gasteiger charge is 2.11. The number of primary sulfonamides is 1. The molecule has 4 N–H and O–H groups in total. The highest BCUT2D eigenvalue weighted by Crippen LogP contribution is 2.19. The zero-order valence-corrected chi connectivity index (χ0v) is 14.3. The van der Waals surface area contributed by atoms with Gasteiger partial charge in [0.2, 0.25) is 10.0 Å². The zero-order chi connectivity index (χ0) is 16.7. The van der Waals surface area contributed by atoms with Gasteiger partial charge in [0.05, 0.1) is 6.54 Å². The average molecular weight is 353 g/mol. The number of hydrogen-bond acceptors (Lipinski definition) is 5. The van der Waals surface area contributed by atoms with E-state index in [1.165, 1.54) is 6.07 Å². The molecule has 9 heteroatoms. The fourth-order valence-electron chi connectivity index (χ4n) is 1.85. The summed E-state index contributed by atoms with van der Waals surface area (Å²) in [6, 6.07) is 9.05. The summed E-state index contributed by atoms with van der Waals surface area (Å²) >= 11 is 1.14. The van der Waals surface area contributed by atoms with Crippen LogP contribution >= 0.6 is 11.3 Å². The number of guanidine groups is 1. The number of sulfonamides is 1. The van der Waals surface area contributed by atoms with E-state index in [-0.39, 0.29) is 4.21 Å². The Balaban J connectivity index is 1.80. The number of aromatic nitrogens is 1. The van der Waals surface area contributed by atoms with Crippen LogP contribution in [0.2, 0.25) is 0 Å². The van der Waals surface area contributed by atoms with Gasteiger partial charge in [-0.1, -0.05) is 6.07 Å². The monoisotopic (exact) mass is 353 g/mol. The molecule has 0 aliphatic rings. The lowest BCUT2D eigenvalue weighted by Gasteiger charge is -2.10. The molecule has 0 bridgehead atoms. The predicted molar refractivity (Wildman–Crippen MR) is 91.8 cm³/mol. The summed E-state index contributed by atoms with van der Waals surface area (Å²) in [4.78, 5) is 9.24. The van der Waals surface area contributed by atoms with E-state index in [4.69, 9.17) is 5.14 Å². The average Bonchev–Trinajstić information content (AvgIpc) is 3.01. The molecule has 2 rings (SSSR count). The van der Waals surface area contributed by atoms with E-state index in [1.807, 2.05) is 18.2 Å². The fraction of sp³-hybridized carbons (Fsp3) is 0.286. The molecule has 0 saturated carbocycles. The molecule has 2 heterocycles. The first-order valence-corrected chi connectivity index (χ1v) is 9.31. The molecule has 0 amide bonds. The van der Waals surface area contributed by atoms with Gasteiger partial charge in [-0.05, 0) is 24.3 Å². The Morgan fingerprint density at radius 2 is 2.13 bits per heavy atom. The molecule has 7 nitrogen and oxygen atoms in total. The third-order valence-corrected chi connectivity index (χ3v) is 5.49. The van der Waals surface area contributed by atoms with E-state index in [0.717, 1.165) is 28.3 Å². The van der Waals surface area contributed by atoms with Crippen molar-refractivity contribution in [2.24, 2.45) is 10.1 Å². The van der Waals surface area contributed by atoms with E-state index in [1.54, 1.807) is 19.3 Å². The van der Waals surface area contributed by atoms with Crippen molar-refractivity contribution < 1.29 is 8.42 Å². The highest BCUT2D eigenvalue weighted by molar-refractivity contribution is 7.91. The summed E-state index contributed by atoms with van der Waals surface area (Å²) in [5.74, 6) is 0.645. The minimum Gasteiger partial charge on any atom is -0.356 e. The van der Waals surface area contributed by atoms with E-state index >= 15 is 0 Å². The second-order valence-corrected chi connectivity index (χ2v) is 7.65. The molecule has 2 aromatic heterocycles. The topological polar surface area (TPSA) is 109 Å². The van der Waals surface area contributed by atoms with Gasteiger partial charge < -0.3 is 10.6 Å². The van der Waals surface area contributed by atoms with Crippen LogP contribution < -0.4 is 15.8 Å². The number of thiophene rings is 1. The van der Waals surface area contributed by atoms with Crippen LogP contribution in [0.3, 0.4) is 0 Å². The normalized spacial score (nSPS) is 12.2. The summed E-state index contributed by atoms with van der Waals surface area (Å²) in [6.45, 7) is 1.17. The van der Waals surface area contributed by atoms with Crippen LogP contribution in [-0.2, 0) is 23.0 Å². The summed E-state index contributed by atoms with van der Waals surface area (Å²) in [5.41, 5.74) is 1.01. The van der Waals surface area contributed by atoms with Crippen molar-refractivity contribution in [2.45, 2.75) is 17.2 Å². The summed E-state index contributed by atoms with van der Waals surface area (Å²) in [5, 5.41) is 11.4. The highest BCUT2D eigenvalue weighted by atomic mass is 32.2. The molecule has 124 valence electrons. The van der Waals surface area contributed by atoms with Gasteiger partial charge in [-0.15, -0.1) is 11.3 Å². The number of nitrogens with zero attached hydrogens (tertiary/aromatic N) is 2. The molecule has 0 unspecified atom stereocenters. The number of aliphatic imine (C=N–C) groups is 1. The van der Waals surface area contributed by atoms with E-state index in [0.29, 0.717) is 19.0 Å². The Morgan fingerprint density at radius 1 is 1.30 bits per heavy atom. The molecule has 0 saturated heterocycles. The van der Waals surface area contributed by atoms with Crippen molar-refractivity contribution in [1.82, 2.24) is 15.6 Å². The Morgan fingerprint density at radius 3 is 2.74 bits per heavy atom. The molecule has 0 aliphatic heterocycles. The Kier molecular flexibility index (Phi) is 6.08. The van der Waals surface area contributed by atoms with Crippen molar-refractivity contribution in [2.75, 3.05) is 13.6 Å². The number of nitrogens with one attached hydrogen (secondary N) is 2. The number of rotatable bonds is 6. The van der Waals surface area contributed by atoms with Crippen molar-refractivity contribution >= 4 is 27.3 Å². The SMILES string of the molecule is CN=C(NCCc1ccccn1)NCc1ccc(S(N)(=O)=O)s1. The van der Waals surface area contributed by atoms with E-state index in [9.17, 15) is 8.42 Å². The van der Waals surface area contributed by atoms with Crippen LogP contribution in [0.25, 0.3) is 0 Å². The van der Waals surface area contributed by atoms with Gasteiger partial charge in [0.1, 0.15) is 4.21 Å². The lowest BCUT2D eigenvalue weighted by atomic mass is 10.3. The lowest BCUT2D eigenvalue weighted by molar-refractivity contribution is 0.600. The maximum absolute atomic E-state index is 11.2. The van der Waals surface area contributed by atoms with Crippen LogP contribution in [0.15, 0.2) is 45.7 Å². The maximum atomic E-state index is 11.2. The quantitative estimate of drug-likeness (QED) is 0.523. The van der Waals surface area contributed by atoms with Gasteiger partial charge in [0.25, 0.3) is 0 Å². The smallest absolute Gasteiger partial charge is 0.247 e. The van der Waals surface area contributed by atoms with Gasteiger partial charge in [0.15, 0.2) is 5.96 Å². The van der Waals surface area contributed by atoms with E-state index < -0.39 is 10.0 Å². The molecule has 2 aromatic rings. The molecule has 0 aromatic carbocycles. The molecule has 0 atom stereocenters. The first kappa shape index (κ1) is 17.4. The fourth-order valence-corrected chi connectivity index (χ4v) is 3.57. The molecular weight excluding hydrogens is 334 g/mol. The van der Waals surface area contributed by atoms with Crippen molar-refractivity contribution in [1.29, 1.82) is 0 Å². The van der Waals surface area contributed by atoms with Crippen LogP contribution in [0.4, 0.5) is 0 Å². The third-order valence-electron chi connectivity index (χ3n) is 2.97. The molecule has 23 heavy (non-hydrogen) atoms. The van der Waals surface area contributed by atoms with Gasteiger partial charge in [0, 0.05) is 36.8 Å². The van der Waals surface area contributed by atoms with Crippen molar-refractivity contribution in [3.8, 4) is 0 Å². The van der Waals surface area contributed by atoms with Gasteiger partial charge >= 0.3 is 0 Å². The first-order valence-electron chi connectivity index (χ1n) is 6.95. The predicted octanol–water partition coefficient (Wildman–Crippen LogP) is 0.698. The Labute approximate surface area is 139 Å². The van der Waals surface area contributed by atoms with E-state index in [2.05, 4.69) is 20.6 Å². The van der Waals surface area contributed by atoms with Gasteiger partial charge in [-0.25, -0.2) is 13.6 Å². The number of pyridine rings is 1. The molecule has 0 radical (unpaired) electrons. The summed E-state index contributed by atoms with van der Waals surface area (Å²) in [6.07, 6.45) is 2.55. The third kappa shape index (κ3) is 5.62. The molecule has 0 aliphatic carbocycles.